The largest absolute Gasteiger partial charge is 0.473 e. The third-order valence-electron chi connectivity index (χ3n) is 1.48. The summed E-state index contributed by atoms with van der Waals surface area (Å²) in [5.41, 5.74) is 0. The molecule has 0 saturated carbocycles. The molecule has 0 heterocycles. The summed E-state index contributed by atoms with van der Waals surface area (Å²) < 4.78 is -0.665. The number of alkyl halides is 1. The highest BCUT2D eigenvalue weighted by molar-refractivity contribution is 9.10. The van der Waals surface area contributed by atoms with Gasteiger partial charge in [-0.15, -0.1) is 0 Å². The first-order chi connectivity index (χ1) is 4.65. The lowest BCUT2D eigenvalue weighted by atomic mass is 9.69. The van der Waals surface area contributed by atoms with E-state index in [1.54, 1.807) is 12.2 Å². The maximum Gasteiger partial charge on any atom is 0.473 e. The van der Waals surface area contributed by atoms with Crippen LogP contribution in [0.25, 0.3) is 0 Å². The van der Waals surface area contributed by atoms with Gasteiger partial charge in [0.05, 0.1) is 4.22 Å². The van der Waals surface area contributed by atoms with E-state index in [-0.39, 0.29) is 0 Å². The molecule has 0 saturated heterocycles. The molecule has 1 rings (SSSR count). The highest BCUT2D eigenvalue weighted by atomic mass is 79.9. The normalized spacial score (nSPS) is 30.7. The Balaban J connectivity index is 2.70. The van der Waals surface area contributed by atoms with Gasteiger partial charge >= 0.3 is 7.12 Å². The van der Waals surface area contributed by atoms with Gasteiger partial charge in [-0.05, 0) is 6.42 Å². The van der Waals surface area contributed by atoms with Crippen molar-refractivity contribution in [2.45, 2.75) is 10.6 Å². The van der Waals surface area contributed by atoms with Crippen molar-refractivity contribution in [3.8, 4) is 0 Å². The highest BCUT2D eigenvalue weighted by Gasteiger charge is 2.36. The van der Waals surface area contributed by atoms with E-state index in [0.29, 0.717) is 6.42 Å². The zero-order chi connectivity index (χ0) is 7.61. The molecule has 54 valence electrons. The first-order valence-corrected chi connectivity index (χ1v) is 3.84. The molecule has 0 spiro atoms. The van der Waals surface area contributed by atoms with Gasteiger partial charge in [-0.3, -0.25) is 0 Å². The van der Waals surface area contributed by atoms with Crippen molar-refractivity contribution in [2.75, 3.05) is 0 Å². The fraction of sp³-hybridized carbons (Fsp3) is 0.333. The molecular formula is C6H8BBrO2. The van der Waals surface area contributed by atoms with Crippen molar-refractivity contribution in [1.29, 1.82) is 0 Å². The van der Waals surface area contributed by atoms with Crippen LogP contribution in [-0.4, -0.2) is 21.4 Å². The molecule has 0 aliphatic heterocycles. The summed E-state index contributed by atoms with van der Waals surface area (Å²) in [6.45, 7) is 0. The molecule has 0 aromatic heterocycles. The first-order valence-electron chi connectivity index (χ1n) is 3.04. The third-order valence-corrected chi connectivity index (χ3v) is 2.48. The highest BCUT2D eigenvalue weighted by Crippen LogP contribution is 2.28. The maximum absolute atomic E-state index is 8.86. The Labute approximate surface area is 68.5 Å². The van der Waals surface area contributed by atoms with Gasteiger partial charge in [-0.1, -0.05) is 40.2 Å². The van der Waals surface area contributed by atoms with Crippen LogP contribution in [0.3, 0.4) is 0 Å². The van der Waals surface area contributed by atoms with Crippen LogP contribution in [0.15, 0.2) is 24.3 Å². The zero-order valence-corrected chi connectivity index (χ0v) is 6.95. The van der Waals surface area contributed by atoms with Gasteiger partial charge in [0.25, 0.3) is 0 Å². The Kier molecular flexibility index (Phi) is 2.34. The minimum Gasteiger partial charge on any atom is -0.426 e. The van der Waals surface area contributed by atoms with Crippen molar-refractivity contribution in [1.82, 2.24) is 0 Å². The Morgan fingerprint density at radius 3 is 2.40 bits per heavy atom. The first kappa shape index (κ1) is 8.05. The van der Waals surface area contributed by atoms with Gasteiger partial charge in [0.15, 0.2) is 0 Å². The lowest BCUT2D eigenvalue weighted by molar-refractivity contribution is 0.390. The van der Waals surface area contributed by atoms with Crippen LogP contribution in [0.2, 0.25) is 0 Å². The van der Waals surface area contributed by atoms with Gasteiger partial charge in [-0.25, -0.2) is 0 Å². The van der Waals surface area contributed by atoms with Crippen LogP contribution >= 0.6 is 15.9 Å². The molecule has 10 heavy (non-hydrogen) atoms. The van der Waals surface area contributed by atoms with Crippen LogP contribution in [0.4, 0.5) is 0 Å². The Bertz CT molecular complexity index is 179. The zero-order valence-electron chi connectivity index (χ0n) is 5.37. The van der Waals surface area contributed by atoms with Crippen LogP contribution in [0.1, 0.15) is 6.42 Å². The minimum atomic E-state index is -1.34. The molecule has 1 unspecified atom stereocenters. The molecular weight excluding hydrogens is 195 g/mol. The number of hydrogen-bond donors (Lipinski definition) is 2. The molecule has 1 aliphatic carbocycles. The summed E-state index contributed by atoms with van der Waals surface area (Å²) in [6, 6.07) is 0. The second-order valence-corrected chi connectivity index (χ2v) is 3.77. The lowest BCUT2D eigenvalue weighted by Crippen LogP contribution is -2.39. The molecule has 2 nitrogen and oxygen atoms in total. The van der Waals surface area contributed by atoms with Crippen molar-refractivity contribution in [2.24, 2.45) is 0 Å². The van der Waals surface area contributed by atoms with Crippen LogP contribution in [-0.2, 0) is 0 Å². The van der Waals surface area contributed by atoms with Crippen molar-refractivity contribution < 1.29 is 10.0 Å². The lowest BCUT2D eigenvalue weighted by Gasteiger charge is -2.22. The van der Waals surface area contributed by atoms with Crippen LogP contribution in [0, 0.1) is 0 Å². The van der Waals surface area contributed by atoms with E-state index in [0.717, 1.165) is 0 Å². The van der Waals surface area contributed by atoms with E-state index < -0.39 is 11.3 Å². The van der Waals surface area contributed by atoms with Gasteiger partial charge in [-0.2, -0.15) is 0 Å². The standard InChI is InChI=1S/C6H8BBrO2/c8-6(7(9)10)4-2-1-3-5-6/h1-4,9-10H,5H2. The monoisotopic (exact) mass is 202 g/mol. The van der Waals surface area contributed by atoms with Gasteiger partial charge < -0.3 is 10.0 Å². The molecule has 0 bridgehead atoms. The number of allylic oxidation sites excluding steroid dienone is 4. The van der Waals surface area contributed by atoms with Gasteiger partial charge in [0.1, 0.15) is 0 Å². The molecule has 0 fully saturated rings. The van der Waals surface area contributed by atoms with E-state index in [1.807, 2.05) is 12.2 Å². The second kappa shape index (κ2) is 2.90. The minimum absolute atomic E-state index is 0.612. The molecule has 0 amide bonds. The summed E-state index contributed by atoms with van der Waals surface area (Å²) in [7, 11) is -1.34. The summed E-state index contributed by atoms with van der Waals surface area (Å²) >= 11 is 3.22. The molecule has 1 atom stereocenters. The van der Waals surface area contributed by atoms with E-state index in [4.69, 9.17) is 10.0 Å². The molecule has 2 N–H and O–H groups in total. The van der Waals surface area contributed by atoms with Crippen molar-refractivity contribution in [3.63, 3.8) is 0 Å². The topological polar surface area (TPSA) is 40.5 Å². The molecule has 0 radical (unpaired) electrons. The Morgan fingerprint density at radius 1 is 1.40 bits per heavy atom. The number of hydrogen-bond acceptors (Lipinski definition) is 2. The quantitative estimate of drug-likeness (QED) is 0.485. The van der Waals surface area contributed by atoms with E-state index in [1.165, 1.54) is 0 Å². The Morgan fingerprint density at radius 2 is 2.10 bits per heavy atom. The van der Waals surface area contributed by atoms with E-state index >= 15 is 0 Å². The fourth-order valence-corrected chi connectivity index (χ4v) is 1.14. The smallest absolute Gasteiger partial charge is 0.426 e. The van der Waals surface area contributed by atoms with Gasteiger partial charge in [0.2, 0.25) is 0 Å². The number of rotatable bonds is 1. The third kappa shape index (κ3) is 1.51. The summed E-state index contributed by atoms with van der Waals surface area (Å²) in [5, 5.41) is 17.7. The van der Waals surface area contributed by atoms with Crippen molar-refractivity contribution >= 4 is 23.0 Å². The predicted molar refractivity (Wildman–Crippen MR) is 44.7 cm³/mol. The fourth-order valence-electron chi connectivity index (χ4n) is 0.802. The Hall–Kier alpha value is -0.0551. The van der Waals surface area contributed by atoms with Crippen LogP contribution in [0.5, 0.6) is 0 Å². The van der Waals surface area contributed by atoms with E-state index in [2.05, 4.69) is 15.9 Å². The molecule has 1 aliphatic rings. The van der Waals surface area contributed by atoms with E-state index in [9.17, 15) is 0 Å². The second-order valence-electron chi connectivity index (χ2n) is 2.29. The summed E-state index contributed by atoms with van der Waals surface area (Å²) in [6.07, 6.45) is 7.90. The SMILES string of the molecule is OB(O)C1(Br)C=CC=CC1. The maximum atomic E-state index is 8.86. The average molecular weight is 203 g/mol. The summed E-state index contributed by atoms with van der Waals surface area (Å²) in [4.78, 5) is 0. The van der Waals surface area contributed by atoms with Crippen LogP contribution < -0.4 is 0 Å². The molecule has 0 aromatic rings. The summed E-state index contributed by atoms with van der Waals surface area (Å²) in [5.74, 6) is 0. The van der Waals surface area contributed by atoms with Gasteiger partial charge in [0, 0.05) is 0 Å². The van der Waals surface area contributed by atoms with Crippen molar-refractivity contribution in [3.05, 3.63) is 24.3 Å². The number of halogens is 1. The molecule has 4 heteroatoms. The molecule has 0 aromatic carbocycles. The average Bonchev–Trinajstić information content (AvgIpc) is 1.89. The predicted octanol–water partition coefficient (Wildman–Crippen LogP) is 0.648.